The molecule has 2 atom stereocenters. The third kappa shape index (κ3) is 2.05. The molecule has 1 aliphatic rings. The minimum Gasteiger partial charge on any atom is -0.314 e. The molecule has 0 N–H and O–H groups in total. The maximum absolute atomic E-state index is 13.2. The van der Waals surface area contributed by atoms with Gasteiger partial charge >= 0.3 is 0 Å². The van der Waals surface area contributed by atoms with Crippen LogP contribution in [0.5, 0.6) is 0 Å². The first-order valence-electron chi connectivity index (χ1n) is 8.47. The van der Waals surface area contributed by atoms with Gasteiger partial charge in [-0.05, 0) is 37.8 Å². The first-order valence-corrected chi connectivity index (χ1v) is 8.47. The molecule has 4 rings (SSSR count). The van der Waals surface area contributed by atoms with Crippen LogP contribution >= 0.6 is 0 Å². The number of para-hydroxylation sites is 1. The zero-order valence-corrected chi connectivity index (χ0v) is 14.6. The van der Waals surface area contributed by atoms with Crippen LogP contribution in [-0.2, 0) is 10.2 Å². The quantitative estimate of drug-likeness (QED) is 0.663. The van der Waals surface area contributed by atoms with E-state index in [-0.39, 0.29) is 11.8 Å². The highest BCUT2D eigenvalue weighted by atomic mass is 16.2. The Labute approximate surface area is 146 Å². The van der Waals surface area contributed by atoms with Crippen molar-refractivity contribution in [2.75, 3.05) is 11.9 Å². The fourth-order valence-electron chi connectivity index (χ4n) is 4.09. The van der Waals surface area contributed by atoms with Crippen molar-refractivity contribution in [1.82, 2.24) is 4.98 Å². The monoisotopic (exact) mass is 329 g/mol. The van der Waals surface area contributed by atoms with E-state index in [0.717, 1.165) is 33.1 Å². The average molecular weight is 329 g/mol. The first-order chi connectivity index (χ1) is 12.0. The average Bonchev–Trinajstić information content (AvgIpc) is 2.64. The fourth-order valence-corrected chi connectivity index (χ4v) is 4.09. The number of amides is 1. The molecule has 0 spiro atoms. The molecule has 1 aromatic heterocycles. The molecule has 2 aromatic carbocycles. The summed E-state index contributed by atoms with van der Waals surface area (Å²) in [7, 11) is 1.81. The van der Waals surface area contributed by atoms with E-state index in [2.05, 4.69) is 18.2 Å². The third-order valence-electron chi connectivity index (χ3n) is 5.30. The van der Waals surface area contributed by atoms with Crippen LogP contribution < -0.4 is 4.90 Å². The van der Waals surface area contributed by atoms with Gasteiger partial charge in [-0.15, -0.1) is 0 Å². The number of nitriles is 1. The van der Waals surface area contributed by atoms with Gasteiger partial charge in [-0.3, -0.25) is 9.78 Å². The predicted molar refractivity (Wildman–Crippen MR) is 99.4 cm³/mol. The summed E-state index contributed by atoms with van der Waals surface area (Å²) in [4.78, 5) is 19.8. The Morgan fingerprint density at radius 3 is 2.68 bits per heavy atom. The zero-order valence-electron chi connectivity index (χ0n) is 14.6. The van der Waals surface area contributed by atoms with Gasteiger partial charge in [0, 0.05) is 23.7 Å². The number of carbonyl (C=O) groups excluding carboxylic acids is 1. The molecule has 0 radical (unpaired) electrons. The predicted octanol–water partition coefficient (Wildman–Crippen LogP) is 4.17. The van der Waals surface area contributed by atoms with Crippen LogP contribution in [0.3, 0.4) is 0 Å². The van der Waals surface area contributed by atoms with Crippen molar-refractivity contribution in [2.45, 2.75) is 25.7 Å². The summed E-state index contributed by atoms with van der Waals surface area (Å²) >= 11 is 0. The van der Waals surface area contributed by atoms with Gasteiger partial charge in [0.05, 0.1) is 28.4 Å². The molecule has 0 bridgehead atoms. The van der Waals surface area contributed by atoms with Crippen LogP contribution in [0.25, 0.3) is 21.7 Å². The Kier molecular flexibility index (Phi) is 3.30. The highest BCUT2D eigenvalue weighted by molar-refractivity contribution is 6.19. The molecule has 3 aromatic rings. The topological polar surface area (TPSA) is 57.0 Å². The van der Waals surface area contributed by atoms with Crippen molar-refractivity contribution in [3.63, 3.8) is 0 Å². The number of hydrogen-bond donors (Lipinski definition) is 0. The van der Waals surface area contributed by atoms with Crippen LogP contribution in [0, 0.1) is 17.2 Å². The minimum absolute atomic E-state index is 0.00242. The maximum atomic E-state index is 13.2. The highest BCUT2D eigenvalue weighted by Crippen LogP contribution is 2.46. The second-order valence-corrected chi connectivity index (χ2v) is 7.11. The number of anilines is 1. The molecule has 0 aliphatic carbocycles. The number of fused-ring (bicyclic) bond motifs is 2. The molecule has 1 amide bonds. The number of rotatable bonds is 2. The number of likely N-dealkylation sites (N-methyl/N-ethyl adjacent to an activating group) is 1. The molecule has 4 nitrogen and oxygen atoms in total. The van der Waals surface area contributed by atoms with Gasteiger partial charge < -0.3 is 4.90 Å². The molecule has 0 saturated carbocycles. The lowest BCUT2D eigenvalue weighted by molar-refractivity contribution is -0.124. The Morgan fingerprint density at radius 2 is 1.92 bits per heavy atom. The number of pyridine rings is 1. The molecule has 124 valence electrons. The lowest BCUT2D eigenvalue weighted by atomic mass is 9.73. The summed E-state index contributed by atoms with van der Waals surface area (Å²) in [6.45, 7) is 3.78. The van der Waals surface area contributed by atoms with Gasteiger partial charge in [0.25, 0.3) is 0 Å². The molecular weight excluding hydrogens is 310 g/mol. The lowest BCUT2D eigenvalue weighted by Gasteiger charge is -2.39. The largest absolute Gasteiger partial charge is 0.314 e. The van der Waals surface area contributed by atoms with E-state index in [1.54, 1.807) is 4.90 Å². The van der Waals surface area contributed by atoms with E-state index in [1.165, 1.54) is 0 Å². The van der Waals surface area contributed by atoms with Crippen LogP contribution in [0.1, 0.15) is 26.0 Å². The van der Waals surface area contributed by atoms with E-state index in [0.29, 0.717) is 6.42 Å². The van der Waals surface area contributed by atoms with Crippen molar-refractivity contribution < 1.29 is 4.79 Å². The number of carbonyl (C=O) groups is 1. The molecule has 1 aliphatic heterocycles. The maximum Gasteiger partial charge on any atom is 0.238 e. The lowest BCUT2D eigenvalue weighted by Crippen LogP contribution is -2.48. The number of aromatic nitrogens is 1. The molecule has 2 heterocycles. The number of nitrogens with zero attached hydrogens (tertiary/aromatic N) is 3. The van der Waals surface area contributed by atoms with Crippen molar-refractivity contribution in [1.29, 1.82) is 5.26 Å². The van der Waals surface area contributed by atoms with E-state index in [9.17, 15) is 10.1 Å². The van der Waals surface area contributed by atoms with Gasteiger partial charge in [0.1, 0.15) is 0 Å². The van der Waals surface area contributed by atoms with Crippen LogP contribution in [0.2, 0.25) is 0 Å². The van der Waals surface area contributed by atoms with Gasteiger partial charge in [0.2, 0.25) is 5.91 Å². The smallest absolute Gasteiger partial charge is 0.238 e. The summed E-state index contributed by atoms with van der Waals surface area (Å²) in [6.07, 6.45) is 0.460. The van der Waals surface area contributed by atoms with E-state index >= 15 is 0 Å². The Morgan fingerprint density at radius 1 is 1.20 bits per heavy atom. The van der Waals surface area contributed by atoms with E-state index in [1.807, 2.05) is 51.2 Å². The van der Waals surface area contributed by atoms with Crippen molar-refractivity contribution in [3.05, 3.63) is 48.2 Å². The summed E-state index contributed by atoms with van der Waals surface area (Å²) < 4.78 is 0. The van der Waals surface area contributed by atoms with Gasteiger partial charge in [-0.2, -0.15) is 5.26 Å². The standard InChI is InChI=1S/C21H19N3O/c1-13(12-22)11-21(2)19-18-15(14-7-4-5-9-16(14)23-19)8-6-10-17(18)24(3)20(21)25/h4-10,13H,11H2,1-3H3. The second kappa shape index (κ2) is 5.29. The van der Waals surface area contributed by atoms with Crippen LogP contribution in [-0.4, -0.2) is 17.9 Å². The van der Waals surface area contributed by atoms with Crippen LogP contribution in [0.15, 0.2) is 42.5 Å². The molecule has 0 saturated heterocycles. The van der Waals surface area contributed by atoms with Gasteiger partial charge in [-0.1, -0.05) is 30.3 Å². The Hall–Kier alpha value is -2.93. The molecule has 2 unspecified atom stereocenters. The normalized spacial score (nSPS) is 20.7. The molecule has 4 heteroatoms. The molecule has 25 heavy (non-hydrogen) atoms. The summed E-state index contributed by atoms with van der Waals surface area (Å²) in [5, 5.41) is 12.5. The SMILES string of the molecule is CC(C#N)CC1(C)C(=O)N(C)c2cccc3c2c1nc1ccccc13. The van der Waals surface area contributed by atoms with Crippen molar-refractivity contribution in [2.24, 2.45) is 5.92 Å². The summed E-state index contributed by atoms with van der Waals surface area (Å²) in [5.74, 6) is -0.228. The zero-order chi connectivity index (χ0) is 17.8. The van der Waals surface area contributed by atoms with Gasteiger partial charge in [0.15, 0.2) is 0 Å². The fraction of sp³-hybridized carbons (Fsp3) is 0.286. The van der Waals surface area contributed by atoms with E-state index < -0.39 is 5.41 Å². The van der Waals surface area contributed by atoms with Crippen molar-refractivity contribution in [3.8, 4) is 6.07 Å². The Bertz CT molecular complexity index is 1070. The number of hydrogen-bond acceptors (Lipinski definition) is 3. The summed E-state index contributed by atoms with van der Waals surface area (Å²) in [6, 6.07) is 16.3. The summed E-state index contributed by atoms with van der Waals surface area (Å²) in [5.41, 5.74) is 1.76. The third-order valence-corrected chi connectivity index (χ3v) is 5.30. The number of benzene rings is 2. The van der Waals surface area contributed by atoms with E-state index in [4.69, 9.17) is 4.98 Å². The molecular formula is C21H19N3O. The van der Waals surface area contributed by atoms with Crippen LogP contribution in [0.4, 0.5) is 5.69 Å². The highest BCUT2D eigenvalue weighted by Gasteiger charge is 2.45. The first kappa shape index (κ1) is 15.6. The molecule has 0 fully saturated rings. The Balaban J connectivity index is 2.15. The van der Waals surface area contributed by atoms with Gasteiger partial charge in [-0.25, -0.2) is 0 Å². The van der Waals surface area contributed by atoms with Crippen molar-refractivity contribution >= 4 is 33.3 Å². The minimum atomic E-state index is -0.805. The second-order valence-electron chi connectivity index (χ2n) is 7.11.